The summed E-state index contributed by atoms with van der Waals surface area (Å²) in [6.07, 6.45) is 0.581. The number of carbonyl (C=O) groups excluding carboxylic acids is 10. The summed E-state index contributed by atoms with van der Waals surface area (Å²) in [5.74, 6) is -5.13. The summed E-state index contributed by atoms with van der Waals surface area (Å²) in [6, 6.07) is 34.0. The number of fused-ring (bicyclic) bond motifs is 2. The zero-order valence-electron chi connectivity index (χ0n) is 52.4. The lowest BCUT2D eigenvalue weighted by Gasteiger charge is -2.18. The summed E-state index contributed by atoms with van der Waals surface area (Å²) in [4.78, 5) is 137. The van der Waals surface area contributed by atoms with Gasteiger partial charge in [-0.1, -0.05) is 84.9 Å². The predicted molar refractivity (Wildman–Crippen MR) is 339 cm³/mol. The van der Waals surface area contributed by atoms with Gasteiger partial charge in [-0.25, -0.2) is 28.0 Å². The average molecular weight is 1290 g/mol. The Morgan fingerprint density at radius 1 is 0.415 bits per heavy atom. The van der Waals surface area contributed by atoms with Gasteiger partial charge in [-0.15, -0.1) is 0 Å². The average Bonchev–Trinajstić information content (AvgIpc) is 1.61. The molecular formula is C70H76F2N8O14. The molecule has 22 nitrogen and oxygen atoms in total. The lowest BCUT2D eigenvalue weighted by molar-refractivity contribution is -0.144. The number of halogens is 2. The van der Waals surface area contributed by atoms with Gasteiger partial charge in [0.2, 0.25) is 11.8 Å². The number of amides is 8. The number of carbonyl (C=O) groups is 10. The van der Waals surface area contributed by atoms with E-state index in [1.165, 1.54) is 48.3 Å². The molecule has 6 aromatic carbocycles. The Labute approximate surface area is 542 Å². The van der Waals surface area contributed by atoms with Crippen molar-refractivity contribution in [2.45, 2.75) is 116 Å². The van der Waals surface area contributed by atoms with E-state index in [1.54, 1.807) is 97.1 Å². The van der Waals surface area contributed by atoms with Gasteiger partial charge in [0.15, 0.2) is 0 Å². The van der Waals surface area contributed by atoms with Gasteiger partial charge in [0.1, 0.15) is 36.9 Å². The number of nitrogens with one attached hydrogen (secondary N) is 6. The van der Waals surface area contributed by atoms with E-state index in [9.17, 15) is 56.7 Å². The van der Waals surface area contributed by atoms with Crippen LogP contribution in [-0.4, -0.2) is 122 Å². The molecule has 0 aliphatic carbocycles. The molecule has 8 amide bonds. The molecule has 0 unspecified atom stereocenters. The number of benzene rings is 6. The Hall–Kier alpha value is -10.5. The highest BCUT2D eigenvalue weighted by Crippen LogP contribution is 2.30. The topological polar surface area (TPSA) is 286 Å². The number of alkyl carbamates (subject to hydrolysis) is 2. The fourth-order valence-corrected chi connectivity index (χ4v) is 10.8. The van der Waals surface area contributed by atoms with Crippen LogP contribution in [0.4, 0.5) is 18.4 Å². The second kappa shape index (κ2) is 34.8. The van der Waals surface area contributed by atoms with Crippen molar-refractivity contribution in [2.75, 3.05) is 40.4 Å². The summed E-state index contributed by atoms with van der Waals surface area (Å²) in [6.45, 7) is 0.892. The van der Waals surface area contributed by atoms with Crippen LogP contribution < -0.4 is 31.9 Å². The Morgan fingerprint density at radius 2 is 0.734 bits per heavy atom. The van der Waals surface area contributed by atoms with E-state index in [0.29, 0.717) is 60.8 Å². The SMILES string of the molecule is COC(=O)[C@H](CCCCNC(=O)c1cc2c(cc1C(=O)NCCc1ccc(F)cc1)CN(C(=O)CCC(=O)N1Cc3cc(C(=O)NCCCC[C@H](NC(=O)OCc4ccccc4)C(=O)OC)c(C(=O)NCCc4ccc(F)cc4)cc3C1)C2)NC(=O)OCc1ccccc1. The minimum absolute atomic E-state index is 0.00562. The Kier molecular flexibility index (Phi) is 25.7. The van der Waals surface area contributed by atoms with Gasteiger partial charge in [0, 0.05) is 65.2 Å². The zero-order chi connectivity index (χ0) is 66.9. The molecule has 8 rings (SSSR count). The van der Waals surface area contributed by atoms with E-state index >= 15 is 0 Å². The van der Waals surface area contributed by atoms with Crippen LogP contribution in [0.25, 0.3) is 0 Å². The Balaban J connectivity index is 0.867. The van der Waals surface area contributed by atoms with Crippen molar-refractivity contribution in [1.82, 2.24) is 41.7 Å². The molecule has 6 aromatic rings. The predicted octanol–water partition coefficient (Wildman–Crippen LogP) is 7.81. The van der Waals surface area contributed by atoms with Gasteiger partial charge in [-0.05, 0) is 144 Å². The second-order valence-electron chi connectivity index (χ2n) is 22.7. The van der Waals surface area contributed by atoms with E-state index in [1.807, 2.05) is 12.1 Å². The fourth-order valence-electron chi connectivity index (χ4n) is 10.8. The van der Waals surface area contributed by atoms with Gasteiger partial charge in [-0.3, -0.25) is 28.8 Å². The Bertz CT molecular complexity index is 3430. The lowest BCUT2D eigenvalue weighted by Crippen LogP contribution is -2.41. The summed E-state index contributed by atoms with van der Waals surface area (Å²) >= 11 is 0. The molecule has 6 N–H and O–H groups in total. The molecule has 2 aliphatic heterocycles. The molecule has 2 aliphatic rings. The minimum Gasteiger partial charge on any atom is -0.467 e. The molecule has 94 heavy (non-hydrogen) atoms. The lowest BCUT2D eigenvalue weighted by atomic mass is 9.98. The molecular weight excluding hydrogens is 1210 g/mol. The number of methoxy groups -OCH3 is 2. The molecule has 0 fully saturated rings. The molecule has 0 saturated heterocycles. The summed E-state index contributed by atoms with van der Waals surface area (Å²) in [5, 5.41) is 16.5. The number of hydrogen-bond acceptors (Lipinski definition) is 14. The van der Waals surface area contributed by atoms with Crippen LogP contribution in [0.15, 0.2) is 133 Å². The van der Waals surface area contributed by atoms with Gasteiger partial charge in [0.25, 0.3) is 23.6 Å². The quantitative estimate of drug-likeness (QED) is 0.0138. The summed E-state index contributed by atoms with van der Waals surface area (Å²) in [5.41, 5.74) is 5.74. The first-order chi connectivity index (χ1) is 45.4. The van der Waals surface area contributed by atoms with Crippen LogP contribution in [0.5, 0.6) is 0 Å². The molecule has 2 heterocycles. The number of esters is 2. The first kappa shape index (κ1) is 69.4. The third-order valence-corrected chi connectivity index (χ3v) is 16.0. The summed E-state index contributed by atoms with van der Waals surface area (Å²) in [7, 11) is 2.40. The maximum absolute atomic E-state index is 14.0. The van der Waals surface area contributed by atoms with Crippen molar-refractivity contribution < 1.29 is 75.7 Å². The molecule has 0 saturated carbocycles. The maximum Gasteiger partial charge on any atom is 0.408 e. The monoisotopic (exact) mass is 1290 g/mol. The van der Waals surface area contributed by atoms with E-state index < -0.39 is 71.5 Å². The van der Waals surface area contributed by atoms with Crippen molar-refractivity contribution in [3.05, 3.63) is 212 Å². The van der Waals surface area contributed by atoms with E-state index in [2.05, 4.69) is 31.9 Å². The van der Waals surface area contributed by atoms with Crippen molar-refractivity contribution >= 4 is 59.6 Å². The van der Waals surface area contributed by atoms with Crippen molar-refractivity contribution in [3.8, 4) is 0 Å². The van der Waals surface area contributed by atoms with Crippen LogP contribution >= 0.6 is 0 Å². The number of ether oxygens (including phenoxy) is 4. The van der Waals surface area contributed by atoms with Crippen LogP contribution in [0, 0.1) is 11.6 Å². The smallest absolute Gasteiger partial charge is 0.408 e. The Morgan fingerprint density at radius 3 is 1.05 bits per heavy atom. The molecule has 0 aromatic heterocycles. The van der Waals surface area contributed by atoms with Crippen LogP contribution in [-0.2, 0) is 90.4 Å². The van der Waals surface area contributed by atoms with Crippen molar-refractivity contribution in [1.29, 1.82) is 0 Å². The normalized spacial score (nSPS) is 12.6. The molecule has 0 bridgehead atoms. The standard InChI is InChI=1S/C70H76F2N8O14/c1-91-67(87)59(77-69(89)93-43-47-13-5-3-6-14-47)17-9-11-31-73-63(83)55-35-49-39-79(41-51(49)37-57(55)65(85)75-33-29-45-19-23-53(71)24-20-45)61(81)27-28-62(82)80-40-50-36-56(58(38-52(50)42-80)66(86)76-34-30-46-21-25-54(72)26-22-46)64(84)74-32-12-10-18-60(68(88)92-2)78-70(90)94-44-48-15-7-4-8-16-48/h3-8,13-16,19-26,35-38,59-60H,9-12,17-18,27-34,39-44H2,1-2H3,(H,73,83)(H,74,84)(H,75,85)(H,76,86)(H,77,89)(H,78,90)/t59-,60-/m0/s1. The maximum atomic E-state index is 14.0. The van der Waals surface area contributed by atoms with Crippen molar-refractivity contribution in [2.24, 2.45) is 0 Å². The van der Waals surface area contributed by atoms with Gasteiger partial charge < -0.3 is 60.6 Å². The largest absolute Gasteiger partial charge is 0.467 e. The number of unbranched alkanes of at least 4 members (excludes halogenated alkanes) is 2. The van der Waals surface area contributed by atoms with Crippen molar-refractivity contribution in [3.63, 3.8) is 0 Å². The number of rotatable bonds is 31. The number of hydrogen-bond donors (Lipinski definition) is 6. The fraction of sp³-hybridized carbons (Fsp3) is 0.343. The van der Waals surface area contributed by atoms with Crippen LogP contribution in [0.2, 0.25) is 0 Å². The number of nitrogens with zero attached hydrogens (tertiary/aromatic N) is 2. The molecule has 2 atom stereocenters. The summed E-state index contributed by atoms with van der Waals surface area (Å²) < 4.78 is 47.6. The molecule has 24 heteroatoms. The van der Waals surface area contributed by atoms with Crippen LogP contribution in [0.3, 0.4) is 0 Å². The zero-order valence-corrected chi connectivity index (χ0v) is 52.4. The highest BCUT2D eigenvalue weighted by atomic mass is 19.1. The third-order valence-electron chi connectivity index (χ3n) is 16.0. The van der Waals surface area contributed by atoms with Gasteiger partial charge in [0.05, 0.1) is 36.5 Å². The molecule has 0 spiro atoms. The van der Waals surface area contributed by atoms with E-state index in [-0.39, 0.29) is 125 Å². The highest BCUT2D eigenvalue weighted by Gasteiger charge is 2.32. The van der Waals surface area contributed by atoms with E-state index in [4.69, 9.17) is 18.9 Å². The van der Waals surface area contributed by atoms with Gasteiger partial charge >= 0.3 is 24.1 Å². The third kappa shape index (κ3) is 20.5. The molecule has 494 valence electrons. The first-order valence-corrected chi connectivity index (χ1v) is 31.0. The minimum atomic E-state index is -1.02. The first-order valence-electron chi connectivity index (χ1n) is 31.0. The van der Waals surface area contributed by atoms with Crippen LogP contribution in [0.1, 0.15) is 137 Å². The van der Waals surface area contributed by atoms with Gasteiger partial charge in [-0.2, -0.15) is 0 Å². The van der Waals surface area contributed by atoms with E-state index in [0.717, 1.165) is 22.3 Å². The highest BCUT2D eigenvalue weighted by molar-refractivity contribution is 6.08. The molecule has 0 radical (unpaired) electrons. The second-order valence-corrected chi connectivity index (χ2v) is 22.7.